The number of nitrogens with zero attached hydrogens (tertiary/aromatic N) is 2. The number of hydrogen-bond donors (Lipinski definition) is 0. The summed E-state index contributed by atoms with van der Waals surface area (Å²) in [6.07, 6.45) is 5.04. The van der Waals surface area contributed by atoms with Crippen LogP contribution >= 0.6 is 0 Å². The van der Waals surface area contributed by atoms with Crippen molar-refractivity contribution in [2.75, 3.05) is 0 Å². The van der Waals surface area contributed by atoms with Crippen LogP contribution in [-0.2, 0) is 22.4 Å². The van der Waals surface area contributed by atoms with E-state index in [9.17, 15) is 9.59 Å². The Morgan fingerprint density at radius 1 is 0.889 bits per heavy atom. The van der Waals surface area contributed by atoms with Crippen molar-refractivity contribution in [3.8, 4) is 0 Å². The zero-order valence-corrected chi connectivity index (χ0v) is 9.28. The highest BCUT2D eigenvalue weighted by molar-refractivity contribution is 6.08. The molecule has 0 radical (unpaired) electrons. The van der Waals surface area contributed by atoms with Crippen LogP contribution in [0.5, 0.6) is 0 Å². The second kappa shape index (κ2) is 3.02. The smallest absolute Gasteiger partial charge is 0.211 e. The SMILES string of the molecule is O=C=Nc1ccc2c3c(c4c(c2c1N=C=O)C4)C3. The summed E-state index contributed by atoms with van der Waals surface area (Å²) >= 11 is 0. The van der Waals surface area contributed by atoms with Gasteiger partial charge in [-0.25, -0.2) is 9.59 Å². The number of aliphatic imine (C=N–C) groups is 2. The van der Waals surface area contributed by atoms with Crippen LogP contribution < -0.4 is 0 Å². The van der Waals surface area contributed by atoms with Crippen molar-refractivity contribution in [1.29, 1.82) is 0 Å². The molecule has 0 aromatic heterocycles. The molecule has 2 aromatic carbocycles. The van der Waals surface area contributed by atoms with Crippen LogP contribution in [0.3, 0.4) is 0 Å². The van der Waals surface area contributed by atoms with Gasteiger partial charge in [0.25, 0.3) is 0 Å². The number of rotatable bonds is 2. The van der Waals surface area contributed by atoms with E-state index in [-0.39, 0.29) is 0 Å². The van der Waals surface area contributed by atoms with Crippen LogP contribution in [0.15, 0.2) is 22.1 Å². The lowest BCUT2D eigenvalue weighted by Gasteiger charge is -2.02. The number of fused-ring (bicyclic) bond motifs is 6. The van der Waals surface area contributed by atoms with E-state index in [1.165, 1.54) is 28.3 Å². The zero-order chi connectivity index (χ0) is 12.3. The highest BCUT2D eigenvalue weighted by Gasteiger charge is 2.36. The van der Waals surface area contributed by atoms with Crippen molar-refractivity contribution in [2.45, 2.75) is 12.8 Å². The Kier molecular flexibility index (Phi) is 1.59. The molecular formula is C14H6N2O2. The van der Waals surface area contributed by atoms with E-state index in [0.29, 0.717) is 11.4 Å². The van der Waals surface area contributed by atoms with E-state index >= 15 is 0 Å². The first-order chi connectivity index (χ1) is 8.85. The lowest BCUT2D eigenvalue weighted by Crippen LogP contribution is -1.76. The fourth-order valence-corrected chi connectivity index (χ4v) is 2.78. The molecule has 0 spiro atoms. The minimum absolute atomic E-state index is 0.385. The van der Waals surface area contributed by atoms with E-state index in [4.69, 9.17) is 0 Å². The van der Waals surface area contributed by atoms with Crippen molar-refractivity contribution >= 4 is 34.3 Å². The molecule has 0 unspecified atom stereocenters. The van der Waals surface area contributed by atoms with E-state index in [1.807, 2.05) is 6.07 Å². The van der Waals surface area contributed by atoms with E-state index in [2.05, 4.69) is 9.98 Å². The third kappa shape index (κ3) is 1.06. The Morgan fingerprint density at radius 3 is 2.39 bits per heavy atom. The summed E-state index contributed by atoms with van der Waals surface area (Å²) in [6, 6.07) is 3.65. The predicted octanol–water partition coefficient (Wildman–Crippen LogP) is 2.58. The van der Waals surface area contributed by atoms with Crippen LogP contribution in [-0.4, -0.2) is 12.2 Å². The lowest BCUT2D eigenvalue weighted by molar-refractivity contribution is 0.564. The first-order valence-corrected chi connectivity index (χ1v) is 5.63. The Hall–Kier alpha value is -2.54. The molecule has 2 aromatic rings. The lowest BCUT2D eigenvalue weighted by atomic mass is 10.1. The highest BCUT2D eigenvalue weighted by Crippen LogP contribution is 2.53. The van der Waals surface area contributed by atoms with Crippen molar-refractivity contribution in [3.05, 3.63) is 34.4 Å². The molecule has 4 heteroatoms. The van der Waals surface area contributed by atoms with Crippen LogP contribution in [0.1, 0.15) is 22.3 Å². The number of isocyanates is 2. The molecule has 0 heterocycles. The molecule has 0 amide bonds. The molecule has 2 aliphatic rings. The maximum absolute atomic E-state index is 10.6. The molecule has 0 atom stereocenters. The summed E-state index contributed by atoms with van der Waals surface area (Å²) < 4.78 is 0. The molecule has 4 nitrogen and oxygen atoms in total. The normalized spacial score (nSPS) is 13.1. The maximum atomic E-state index is 10.6. The number of benzene rings is 2. The molecular weight excluding hydrogens is 228 g/mol. The predicted molar refractivity (Wildman–Crippen MR) is 65.1 cm³/mol. The van der Waals surface area contributed by atoms with E-state index < -0.39 is 0 Å². The molecule has 0 saturated carbocycles. The standard InChI is InChI=1S/C14H6N2O2/c17-5-15-12-2-1-7-8-3-9(8)10-4-11(10)13(7)14(12)16-6-18/h1-2H,3-4H2. The Balaban J connectivity index is 2.19. The van der Waals surface area contributed by atoms with Crippen LogP contribution in [0.4, 0.5) is 11.4 Å². The first kappa shape index (κ1) is 9.49. The van der Waals surface area contributed by atoms with Gasteiger partial charge in [-0.1, -0.05) is 6.07 Å². The van der Waals surface area contributed by atoms with Crippen molar-refractivity contribution in [2.24, 2.45) is 9.98 Å². The van der Waals surface area contributed by atoms with Crippen molar-refractivity contribution in [3.63, 3.8) is 0 Å². The van der Waals surface area contributed by atoms with Crippen molar-refractivity contribution in [1.82, 2.24) is 0 Å². The van der Waals surface area contributed by atoms with Gasteiger partial charge in [0, 0.05) is 5.39 Å². The monoisotopic (exact) mass is 234 g/mol. The molecule has 4 rings (SSSR count). The van der Waals surface area contributed by atoms with Gasteiger partial charge in [-0.15, -0.1) is 0 Å². The first-order valence-electron chi connectivity index (χ1n) is 5.63. The van der Waals surface area contributed by atoms with Gasteiger partial charge in [-0.2, -0.15) is 9.98 Å². The molecule has 0 N–H and O–H groups in total. The fourth-order valence-electron chi connectivity index (χ4n) is 2.78. The van der Waals surface area contributed by atoms with Crippen LogP contribution in [0, 0.1) is 0 Å². The minimum atomic E-state index is 0.385. The third-order valence-corrected chi connectivity index (χ3v) is 3.66. The summed E-state index contributed by atoms with van der Waals surface area (Å²) in [5, 5.41) is 2.08. The molecule has 84 valence electrons. The molecule has 18 heavy (non-hydrogen) atoms. The average Bonchev–Trinajstić information content (AvgIpc) is 3.24. The van der Waals surface area contributed by atoms with Gasteiger partial charge in [-0.05, 0) is 46.5 Å². The quantitative estimate of drug-likeness (QED) is 0.395. The summed E-state index contributed by atoms with van der Waals surface area (Å²) in [5.41, 5.74) is 6.24. The molecule has 0 bridgehead atoms. The second-order valence-corrected chi connectivity index (χ2v) is 4.53. The van der Waals surface area contributed by atoms with Crippen LogP contribution in [0.25, 0.3) is 10.8 Å². The summed E-state index contributed by atoms with van der Waals surface area (Å²) in [4.78, 5) is 28.3. The molecule has 2 aliphatic carbocycles. The van der Waals surface area contributed by atoms with Gasteiger partial charge in [0.15, 0.2) is 0 Å². The van der Waals surface area contributed by atoms with E-state index in [1.54, 1.807) is 12.1 Å². The summed E-state index contributed by atoms with van der Waals surface area (Å²) in [5.74, 6) is 0. The summed E-state index contributed by atoms with van der Waals surface area (Å²) in [7, 11) is 0. The highest BCUT2D eigenvalue weighted by atomic mass is 16.1. The molecule has 0 fully saturated rings. The molecule has 0 saturated heterocycles. The van der Waals surface area contributed by atoms with Gasteiger partial charge in [0.2, 0.25) is 12.2 Å². The topological polar surface area (TPSA) is 58.9 Å². The summed E-state index contributed by atoms with van der Waals surface area (Å²) in [6.45, 7) is 0. The van der Waals surface area contributed by atoms with Crippen molar-refractivity contribution < 1.29 is 9.59 Å². The second-order valence-electron chi connectivity index (χ2n) is 4.53. The Morgan fingerprint density at radius 2 is 1.61 bits per heavy atom. The Labute approximate surface area is 102 Å². The Bertz CT molecular complexity index is 839. The van der Waals surface area contributed by atoms with E-state index in [0.717, 1.165) is 23.6 Å². The number of carbonyl (C=O) groups excluding carboxylic acids is 2. The zero-order valence-electron chi connectivity index (χ0n) is 9.28. The average molecular weight is 234 g/mol. The van der Waals surface area contributed by atoms with Gasteiger partial charge in [0.1, 0.15) is 11.4 Å². The van der Waals surface area contributed by atoms with Gasteiger partial charge >= 0.3 is 0 Å². The van der Waals surface area contributed by atoms with Crippen LogP contribution in [0.2, 0.25) is 0 Å². The maximum Gasteiger partial charge on any atom is 0.240 e. The third-order valence-electron chi connectivity index (χ3n) is 3.66. The van der Waals surface area contributed by atoms with Gasteiger partial charge < -0.3 is 0 Å². The largest absolute Gasteiger partial charge is 0.240 e. The molecule has 0 aliphatic heterocycles. The van der Waals surface area contributed by atoms with Gasteiger partial charge in [0.05, 0.1) is 0 Å². The fraction of sp³-hybridized carbons (Fsp3) is 0.143. The van der Waals surface area contributed by atoms with Gasteiger partial charge in [-0.3, -0.25) is 0 Å². The minimum Gasteiger partial charge on any atom is -0.211 e. The number of hydrogen-bond acceptors (Lipinski definition) is 4.